The van der Waals surface area contributed by atoms with Gasteiger partial charge in [-0.2, -0.15) is 0 Å². The standard InChI is InChI=1S/C12H11FN2OS/c1-8(16-9-5-3-2-4-6-9)11-10(13)12(17)15-7-14-11/h2-8H,1H3,(H,14,15,17). The Balaban J connectivity index is 2.23. The lowest BCUT2D eigenvalue weighted by atomic mass is 10.2. The predicted molar refractivity (Wildman–Crippen MR) is 64.9 cm³/mol. The lowest BCUT2D eigenvalue weighted by molar-refractivity contribution is 0.215. The molecule has 0 aliphatic carbocycles. The van der Waals surface area contributed by atoms with Gasteiger partial charge in [-0.1, -0.05) is 30.4 Å². The number of hydrogen-bond donors (Lipinski definition) is 1. The van der Waals surface area contributed by atoms with Gasteiger partial charge in [-0.15, -0.1) is 0 Å². The first-order chi connectivity index (χ1) is 8.18. The number of rotatable bonds is 3. The van der Waals surface area contributed by atoms with Crippen LogP contribution >= 0.6 is 12.2 Å². The van der Waals surface area contributed by atoms with E-state index in [9.17, 15) is 4.39 Å². The van der Waals surface area contributed by atoms with Gasteiger partial charge in [0.2, 0.25) is 0 Å². The molecule has 0 aliphatic heterocycles. The van der Waals surface area contributed by atoms with E-state index in [1.807, 2.05) is 30.3 Å². The van der Waals surface area contributed by atoms with Crippen LogP contribution in [0.4, 0.5) is 4.39 Å². The lowest BCUT2D eigenvalue weighted by Gasteiger charge is -2.15. The van der Waals surface area contributed by atoms with Crippen molar-refractivity contribution in [2.45, 2.75) is 13.0 Å². The number of aromatic amines is 1. The fourth-order valence-corrected chi connectivity index (χ4v) is 1.62. The molecule has 2 aromatic rings. The predicted octanol–water partition coefficient (Wildman–Crippen LogP) is 3.42. The zero-order valence-corrected chi connectivity index (χ0v) is 10.00. The third kappa shape index (κ3) is 2.68. The molecule has 0 bridgehead atoms. The van der Waals surface area contributed by atoms with E-state index in [1.54, 1.807) is 6.92 Å². The van der Waals surface area contributed by atoms with Crippen molar-refractivity contribution >= 4 is 12.2 Å². The monoisotopic (exact) mass is 250 g/mol. The van der Waals surface area contributed by atoms with E-state index in [0.717, 1.165) is 0 Å². The molecule has 0 saturated carbocycles. The Morgan fingerprint density at radius 1 is 1.35 bits per heavy atom. The Bertz CT molecular complexity index is 556. The molecule has 0 radical (unpaired) electrons. The molecule has 17 heavy (non-hydrogen) atoms. The van der Waals surface area contributed by atoms with E-state index in [2.05, 4.69) is 9.97 Å². The molecule has 1 aromatic heterocycles. The molecular formula is C12H11FN2OS. The molecule has 2 rings (SSSR count). The third-order valence-electron chi connectivity index (χ3n) is 2.29. The zero-order valence-electron chi connectivity index (χ0n) is 9.18. The van der Waals surface area contributed by atoms with Crippen molar-refractivity contribution in [2.24, 2.45) is 0 Å². The fourth-order valence-electron chi connectivity index (χ4n) is 1.45. The van der Waals surface area contributed by atoms with Crippen LogP contribution < -0.4 is 4.74 Å². The van der Waals surface area contributed by atoms with E-state index in [0.29, 0.717) is 11.4 Å². The number of benzene rings is 1. The first-order valence-electron chi connectivity index (χ1n) is 5.13. The largest absolute Gasteiger partial charge is 0.484 e. The second kappa shape index (κ2) is 5.05. The molecule has 3 nitrogen and oxygen atoms in total. The summed E-state index contributed by atoms with van der Waals surface area (Å²) in [6.07, 6.45) is 0.910. The summed E-state index contributed by atoms with van der Waals surface area (Å²) in [7, 11) is 0. The van der Waals surface area contributed by atoms with E-state index < -0.39 is 11.9 Å². The van der Waals surface area contributed by atoms with Gasteiger partial charge in [0.25, 0.3) is 0 Å². The molecule has 5 heteroatoms. The number of aromatic nitrogens is 2. The summed E-state index contributed by atoms with van der Waals surface area (Å²) in [5.41, 5.74) is 0.300. The Morgan fingerprint density at radius 2 is 2.06 bits per heavy atom. The average molecular weight is 250 g/mol. The number of nitrogens with one attached hydrogen (secondary N) is 1. The topological polar surface area (TPSA) is 37.9 Å². The molecule has 1 N–H and O–H groups in total. The van der Waals surface area contributed by atoms with Crippen LogP contribution in [-0.4, -0.2) is 9.97 Å². The smallest absolute Gasteiger partial charge is 0.182 e. The Kier molecular flexibility index (Phi) is 3.49. The van der Waals surface area contributed by atoms with Gasteiger partial charge in [-0.05, 0) is 19.1 Å². The van der Waals surface area contributed by atoms with Crippen LogP contribution in [0.1, 0.15) is 18.7 Å². The zero-order chi connectivity index (χ0) is 12.3. The number of halogens is 1. The van der Waals surface area contributed by atoms with Crippen molar-refractivity contribution in [1.29, 1.82) is 0 Å². The van der Waals surface area contributed by atoms with E-state index in [4.69, 9.17) is 17.0 Å². The second-order valence-electron chi connectivity index (χ2n) is 3.51. The highest BCUT2D eigenvalue weighted by atomic mass is 32.1. The van der Waals surface area contributed by atoms with Crippen molar-refractivity contribution in [3.05, 3.63) is 52.8 Å². The van der Waals surface area contributed by atoms with Crippen molar-refractivity contribution in [3.63, 3.8) is 0 Å². The molecule has 1 heterocycles. The summed E-state index contributed by atoms with van der Waals surface area (Å²) in [6.45, 7) is 1.75. The minimum Gasteiger partial charge on any atom is -0.484 e. The summed E-state index contributed by atoms with van der Waals surface area (Å²) in [5, 5.41) is 0. The van der Waals surface area contributed by atoms with Crippen molar-refractivity contribution in [2.75, 3.05) is 0 Å². The van der Waals surface area contributed by atoms with Gasteiger partial charge in [0.15, 0.2) is 10.5 Å². The second-order valence-corrected chi connectivity index (χ2v) is 3.90. The fraction of sp³-hybridized carbons (Fsp3) is 0.167. The first-order valence-corrected chi connectivity index (χ1v) is 5.54. The molecule has 0 saturated heterocycles. The van der Waals surface area contributed by atoms with Crippen molar-refractivity contribution in [3.8, 4) is 5.75 Å². The SMILES string of the molecule is CC(Oc1ccccc1)c1[nH]cnc(=S)c1F. The number of para-hydroxylation sites is 1. The summed E-state index contributed by atoms with van der Waals surface area (Å²) in [6, 6.07) is 9.22. The van der Waals surface area contributed by atoms with Crippen molar-refractivity contribution in [1.82, 2.24) is 9.97 Å². The molecule has 1 unspecified atom stereocenters. The number of ether oxygens (including phenoxy) is 1. The summed E-state index contributed by atoms with van der Waals surface area (Å²) >= 11 is 4.76. The maximum Gasteiger partial charge on any atom is 0.182 e. The van der Waals surface area contributed by atoms with Gasteiger partial charge < -0.3 is 9.72 Å². The van der Waals surface area contributed by atoms with Crippen LogP contribution in [0.2, 0.25) is 0 Å². The van der Waals surface area contributed by atoms with E-state index >= 15 is 0 Å². The Labute approximate surface area is 103 Å². The molecule has 0 aliphatic rings. The molecule has 0 spiro atoms. The number of hydrogen-bond acceptors (Lipinski definition) is 3. The van der Waals surface area contributed by atoms with Crippen LogP contribution in [0.5, 0.6) is 5.75 Å². The summed E-state index contributed by atoms with van der Waals surface area (Å²) in [4.78, 5) is 6.38. The van der Waals surface area contributed by atoms with E-state index in [1.165, 1.54) is 6.33 Å². The molecule has 0 fully saturated rings. The van der Waals surface area contributed by atoms with Crippen molar-refractivity contribution < 1.29 is 9.13 Å². The average Bonchev–Trinajstić information content (AvgIpc) is 2.34. The maximum absolute atomic E-state index is 13.7. The van der Waals surface area contributed by atoms with Crippen LogP contribution in [-0.2, 0) is 0 Å². The van der Waals surface area contributed by atoms with Gasteiger partial charge in [0.05, 0.1) is 12.0 Å². The Morgan fingerprint density at radius 3 is 2.76 bits per heavy atom. The Hall–Kier alpha value is -1.75. The minimum absolute atomic E-state index is 0.0535. The van der Waals surface area contributed by atoms with Gasteiger partial charge in [0.1, 0.15) is 11.9 Å². The van der Waals surface area contributed by atoms with Gasteiger partial charge in [0, 0.05) is 0 Å². The van der Waals surface area contributed by atoms with Gasteiger partial charge >= 0.3 is 0 Å². The normalized spacial score (nSPS) is 12.1. The van der Waals surface area contributed by atoms with Crippen LogP contribution in [0.25, 0.3) is 0 Å². The third-order valence-corrected chi connectivity index (χ3v) is 2.57. The summed E-state index contributed by atoms with van der Waals surface area (Å²) in [5.74, 6) is 0.140. The molecule has 1 aromatic carbocycles. The van der Waals surface area contributed by atoms with E-state index in [-0.39, 0.29) is 4.64 Å². The highest BCUT2D eigenvalue weighted by Crippen LogP contribution is 2.21. The first kappa shape index (κ1) is 11.7. The molecule has 1 atom stereocenters. The molecule has 88 valence electrons. The number of H-pyrrole nitrogens is 1. The highest BCUT2D eigenvalue weighted by molar-refractivity contribution is 7.71. The van der Waals surface area contributed by atoms with Gasteiger partial charge in [-0.3, -0.25) is 0 Å². The lowest BCUT2D eigenvalue weighted by Crippen LogP contribution is -2.08. The van der Waals surface area contributed by atoms with Crippen LogP contribution in [0, 0.1) is 10.5 Å². The maximum atomic E-state index is 13.7. The highest BCUT2D eigenvalue weighted by Gasteiger charge is 2.14. The molecular weight excluding hydrogens is 239 g/mol. The van der Waals surface area contributed by atoms with Crippen LogP contribution in [0.3, 0.4) is 0 Å². The van der Waals surface area contributed by atoms with Gasteiger partial charge in [-0.25, -0.2) is 9.37 Å². The minimum atomic E-state index is -0.536. The van der Waals surface area contributed by atoms with Crippen LogP contribution in [0.15, 0.2) is 36.7 Å². The molecule has 0 amide bonds. The number of nitrogens with zero attached hydrogens (tertiary/aromatic N) is 1. The quantitative estimate of drug-likeness (QED) is 0.848. The summed E-state index contributed by atoms with van der Waals surface area (Å²) < 4.78 is 19.2.